The first-order valence-electron chi connectivity index (χ1n) is 11.3. The summed E-state index contributed by atoms with van der Waals surface area (Å²) in [5, 5.41) is 5.13. The number of thiophene rings is 1. The standard InChI is InChI=1S/C27H28N2O3S/c1-19(30)20-13-15-23(16-14-20)29(25(31)18-24-12-7-17-33-24)26(21-8-3-2-4-9-21)27(32)28-22-10-5-6-11-22/h2-4,7-9,12-17,22,26H,5-6,10-11,18H2,1H3,(H,28,32)/t26-/m1/s1. The van der Waals surface area contributed by atoms with Crippen LogP contribution in [0.15, 0.2) is 72.1 Å². The summed E-state index contributed by atoms with van der Waals surface area (Å²) < 4.78 is 0. The van der Waals surface area contributed by atoms with Gasteiger partial charge < -0.3 is 5.32 Å². The molecule has 1 aliphatic carbocycles. The minimum atomic E-state index is -0.803. The number of Topliss-reactive ketones (excluding diaryl/α,β-unsaturated/α-hetero) is 1. The van der Waals surface area contributed by atoms with Gasteiger partial charge in [-0.2, -0.15) is 0 Å². The van der Waals surface area contributed by atoms with Crippen molar-refractivity contribution in [2.24, 2.45) is 0 Å². The molecule has 1 aromatic heterocycles. The molecule has 0 unspecified atom stereocenters. The minimum absolute atomic E-state index is 0.0448. The number of ketones is 1. The van der Waals surface area contributed by atoms with Crippen LogP contribution in [0.1, 0.15) is 59.4 Å². The molecule has 0 radical (unpaired) electrons. The molecule has 0 aliphatic heterocycles. The molecule has 33 heavy (non-hydrogen) atoms. The second kappa shape index (κ2) is 10.6. The van der Waals surface area contributed by atoms with E-state index in [-0.39, 0.29) is 30.1 Å². The Labute approximate surface area is 198 Å². The van der Waals surface area contributed by atoms with Crippen LogP contribution in [-0.4, -0.2) is 23.6 Å². The summed E-state index contributed by atoms with van der Waals surface area (Å²) in [4.78, 5) is 41.6. The molecule has 1 aliphatic rings. The number of hydrogen-bond acceptors (Lipinski definition) is 4. The van der Waals surface area contributed by atoms with Crippen molar-refractivity contribution in [3.63, 3.8) is 0 Å². The molecule has 1 atom stereocenters. The first-order valence-corrected chi connectivity index (χ1v) is 12.2. The Kier molecular flexibility index (Phi) is 7.35. The van der Waals surface area contributed by atoms with Crippen molar-refractivity contribution < 1.29 is 14.4 Å². The zero-order valence-corrected chi connectivity index (χ0v) is 19.5. The molecular formula is C27H28N2O3S. The van der Waals surface area contributed by atoms with E-state index < -0.39 is 6.04 Å². The van der Waals surface area contributed by atoms with Crippen LogP contribution in [-0.2, 0) is 16.0 Å². The maximum absolute atomic E-state index is 13.7. The van der Waals surface area contributed by atoms with Gasteiger partial charge in [0.15, 0.2) is 5.78 Å². The first kappa shape index (κ1) is 22.9. The predicted octanol–water partition coefficient (Wildman–Crippen LogP) is 5.33. The van der Waals surface area contributed by atoms with E-state index in [0.29, 0.717) is 11.3 Å². The second-order valence-electron chi connectivity index (χ2n) is 8.43. The summed E-state index contributed by atoms with van der Waals surface area (Å²) in [7, 11) is 0. The largest absolute Gasteiger partial charge is 0.351 e. The summed E-state index contributed by atoms with van der Waals surface area (Å²) >= 11 is 1.52. The van der Waals surface area contributed by atoms with E-state index in [1.165, 1.54) is 18.3 Å². The van der Waals surface area contributed by atoms with E-state index in [4.69, 9.17) is 0 Å². The van der Waals surface area contributed by atoms with Crippen LogP contribution in [0.25, 0.3) is 0 Å². The summed E-state index contributed by atoms with van der Waals surface area (Å²) in [6.07, 6.45) is 4.34. The van der Waals surface area contributed by atoms with Crippen molar-refractivity contribution in [2.75, 3.05) is 4.90 Å². The lowest BCUT2D eigenvalue weighted by Gasteiger charge is -2.32. The Morgan fingerprint density at radius 3 is 2.27 bits per heavy atom. The lowest BCUT2D eigenvalue weighted by atomic mass is 10.0. The van der Waals surface area contributed by atoms with Gasteiger partial charge in [-0.15, -0.1) is 11.3 Å². The maximum atomic E-state index is 13.7. The molecule has 170 valence electrons. The van der Waals surface area contributed by atoms with Crippen LogP contribution in [0.4, 0.5) is 5.69 Å². The molecule has 1 saturated carbocycles. The van der Waals surface area contributed by atoms with Crippen LogP contribution in [0.5, 0.6) is 0 Å². The Morgan fingerprint density at radius 2 is 1.67 bits per heavy atom. The fraction of sp³-hybridized carbons (Fsp3) is 0.296. The van der Waals surface area contributed by atoms with Crippen molar-refractivity contribution in [3.8, 4) is 0 Å². The Bertz CT molecular complexity index is 1090. The zero-order chi connectivity index (χ0) is 23.2. The first-order chi connectivity index (χ1) is 16.0. The Balaban J connectivity index is 1.74. The van der Waals surface area contributed by atoms with Gasteiger partial charge in [-0.3, -0.25) is 19.3 Å². The monoisotopic (exact) mass is 460 g/mol. The van der Waals surface area contributed by atoms with E-state index in [0.717, 1.165) is 36.1 Å². The number of benzene rings is 2. The maximum Gasteiger partial charge on any atom is 0.248 e. The molecule has 0 spiro atoms. The molecule has 1 fully saturated rings. The van der Waals surface area contributed by atoms with Crippen LogP contribution < -0.4 is 10.2 Å². The van der Waals surface area contributed by atoms with Crippen LogP contribution in [0.3, 0.4) is 0 Å². The van der Waals surface area contributed by atoms with Gasteiger partial charge in [-0.1, -0.05) is 49.2 Å². The highest BCUT2D eigenvalue weighted by Crippen LogP contribution is 2.30. The number of hydrogen-bond donors (Lipinski definition) is 1. The van der Waals surface area contributed by atoms with E-state index >= 15 is 0 Å². The van der Waals surface area contributed by atoms with Crippen molar-refractivity contribution in [1.29, 1.82) is 0 Å². The molecular weight excluding hydrogens is 432 g/mol. The van der Waals surface area contributed by atoms with Gasteiger partial charge in [0.25, 0.3) is 0 Å². The number of nitrogens with one attached hydrogen (secondary N) is 1. The number of anilines is 1. The third-order valence-corrected chi connectivity index (χ3v) is 6.93. The minimum Gasteiger partial charge on any atom is -0.351 e. The molecule has 4 rings (SSSR count). The molecule has 1 heterocycles. The fourth-order valence-electron chi connectivity index (χ4n) is 4.34. The summed E-state index contributed by atoms with van der Waals surface area (Å²) in [6, 6.07) is 19.5. The smallest absolute Gasteiger partial charge is 0.248 e. The number of amides is 2. The fourth-order valence-corrected chi connectivity index (χ4v) is 5.04. The zero-order valence-electron chi connectivity index (χ0n) is 18.7. The van der Waals surface area contributed by atoms with E-state index in [9.17, 15) is 14.4 Å². The van der Waals surface area contributed by atoms with E-state index in [1.54, 1.807) is 29.2 Å². The highest BCUT2D eigenvalue weighted by molar-refractivity contribution is 7.10. The average molecular weight is 461 g/mol. The molecule has 2 aromatic carbocycles. The summed E-state index contributed by atoms with van der Waals surface area (Å²) in [6.45, 7) is 1.51. The molecule has 2 amide bonds. The highest BCUT2D eigenvalue weighted by Gasteiger charge is 2.34. The number of rotatable bonds is 8. The van der Waals surface area contributed by atoms with Gasteiger partial charge in [0, 0.05) is 22.2 Å². The van der Waals surface area contributed by atoms with E-state index in [2.05, 4.69) is 5.32 Å². The van der Waals surface area contributed by atoms with Gasteiger partial charge in [0.05, 0.1) is 6.42 Å². The van der Waals surface area contributed by atoms with Crippen LogP contribution in [0, 0.1) is 0 Å². The summed E-state index contributed by atoms with van der Waals surface area (Å²) in [5.74, 6) is -0.386. The quantitative estimate of drug-likeness (QED) is 0.462. The van der Waals surface area contributed by atoms with Crippen LogP contribution >= 0.6 is 11.3 Å². The van der Waals surface area contributed by atoms with Gasteiger partial charge in [-0.25, -0.2) is 0 Å². The molecule has 1 N–H and O–H groups in total. The third-order valence-electron chi connectivity index (χ3n) is 6.05. The normalized spacial score (nSPS) is 14.6. The van der Waals surface area contributed by atoms with Gasteiger partial charge in [0.1, 0.15) is 6.04 Å². The second-order valence-corrected chi connectivity index (χ2v) is 9.46. The third kappa shape index (κ3) is 5.57. The number of carbonyl (C=O) groups excluding carboxylic acids is 3. The molecule has 0 saturated heterocycles. The Hall–Kier alpha value is -3.25. The lowest BCUT2D eigenvalue weighted by molar-refractivity contribution is -0.127. The molecule has 5 nitrogen and oxygen atoms in total. The van der Waals surface area contributed by atoms with Crippen LogP contribution in [0.2, 0.25) is 0 Å². The van der Waals surface area contributed by atoms with Crippen molar-refractivity contribution in [3.05, 3.63) is 88.1 Å². The number of nitrogens with zero attached hydrogens (tertiary/aromatic N) is 1. The lowest BCUT2D eigenvalue weighted by Crippen LogP contribution is -2.46. The Morgan fingerprint density at radius 1 is 0.970 bits per heavy atom. The molecule has 3 aromatic rings. The topological polar surface area (TPSA) is 66.5 Å². The van der Waals surface area contributed by atoms with Gasteiger partial charge >= 0.3 is 0 Å². The van der Waals surface area contributed by atoms with E-state index in [1.807, 2.05) is 47.8 Å². The SMILES string of the molecule is CC(=O)c1ccc(N(C(=O)Cc2cccs2)[C@@H](C(=O)NC2CCCC2)c2ccccc2)cc1. The van der Waals surface area contributed by atoms with Crippen molar-refractivity contribution >= 4 is 34.6 Å². The van der Waals surface area contributed by atoms with Gasteiger partial charge in [-0.05, 0) is 61.0 Å². The van der Waals surface area contributed by atoms with Crippen molar-refractivity contribution in [1.82, 2.24) is 5.32 Å². The summed E-state index contributed by atoms with van der Waals surface area (Å²) in [5.41, 5.74) is 1.91. The molecule has 6 heteroatoms. The predicted molar refractivity (Wildman–Crippen MR) is 132 cm³/mol. The van der Waals surface area contributed by atoms with Gasteiger partial charge in [0.2, 0.25) is 11.8 Å². The highest BCUT2D eigenvalue weighted by atomic mass is 32.1. The molecule has 0 bridgehead atoms. The van der Waals surface area contributed by atoms with Crippen molar-refractivity contribution in [2.45, 2.75) is 51.1 Å². The number of carbonyl (C=O) groups is 3. The average Bonchev–Trinajstić information content (AvgIpc) is 3.52.